The van der Waals surface area contributed by atoms with Crippen molar-refractivity contribution in [2.45, 2.75) is 31.7 Å². The molecule has 1 N–H and O–H groups in total. The molecule has 0 saturated heterocycles. The summed E-state index contributed by atoms with van der Waals surface area (Å²) in [7, 11) is 7.02. The Morgan fingerprint density at radius 2 is 1.89 bits per heavy atom. The summed E-state index contributed by atoms with van der Waals surface area (Å²) in [5.41, 5.74) is -0.581. The van der Waals surface area contributed by atoms with Crippen LogP contribution >= 0.6 is 0 Å². The van der Waals surface area contributed by atoms with Gasteiger partial charge >= 0.3 is 5.97 Å². The predicted octanol–water partition coefficient (Wildman–Crippen LogP) is 0.886. The SMILES string of the molecule is CNC(C)(CCCN(C)CCCOC)C(=O)OC. The number of ether oxygens (including phenoxy) is 2. The third kappa shape index (κ3) is 6.33. The molecule has 0 fully saturated rings. The molecule has 0 saturated carbocycles. The number of rotatable bonds is 10. The van der Waals surface area contributed by atoms with E-state index < -0.39 is 5.54 Å². The summed E-state index contributed by atoms with van der Waals surface area (Å²) in [5, 5.41) is 3.04. The van der Waals surface area contributed by atoms with Crippen LogP contribution in [0.3, 0.4) is 0 Å². The summed E-state index contributed by atoms with van der Waals surface area (Å²) in [4.78, 5) is 13.9. The molecule has 0 radical (unpaired) electrons. The van der Waals surface area contributed by atoms with Crippen molar-refractivity contribution in [1.82, 2.24) is 10.2 Å². The topological polar surface area (TPSA) is 50.8 Å². The molecule has 1 unspecified atom stereocenters. The molecule has 18 heavy (non-hydrogen) atoms. The molecular weight excluding hydrogens is 232 g/mol. The Hall–Kier alpha value is -0.650. The van der Waals surface area contributed by atoms with Crippen LogP contribution in [0.2, 0.25) is 0 Å². The minimum atomic E-state index is -0.581. The van der Waals surface area contributed by atoms with E-state index in [0.717, 1.165) is 39.0 Å². The second-order valence-electron chi connectivity index (χ2n) is 4.83. The van der Waals surface area contributed by atoms with Crippen molar-refractivity contribution < 1.29 is 14.3 Å². The maximum Gasteiger partial charge on any atom is 0.325 e. The molecule has 0 heterocycles. The normalized spacial score (nSPS) is 14.6. The molecule has 0 spiro atoms. The lowest BCUT2D eigenvalue weighted by Crippen LogP contribution is -2.48. The summed E-state index contributed by atoms with van der Waals surface area (Å²) < 4.78 is 9.83. The molecule has 0 aliphatic carbocycles. The largest absolute Gasteiger partial charge is 0.468 e. The Bertz CT molecular complexity index is 236. The monoisotopic (exact) mass is 260 g/mol. The fourth-order valence-corrected chi connectivity index (χ4v) is 1.85. The number of carbonyl (C=O) groups is 1. The smallest absolute Gasteiger partial charge is 0.325 e. The van der Waals surface area contributed by atoms with E-state index in [1.807, 2.05) is 6.92 Å². The third-order valence-electron chi connectivity index (χ3n) is 3.29. The Labute approximate surface area is 111 Å². The van der Waals surface area contributed by atoms with Crippen LogP contribution in [0.5, 0.6) is 0 Å². The number of nitrogens with one attached hydrogen (secondary N) is 1. The summed E-state index contributed by atoms with van der Waals surface area (Å²) in [6, 6.07) is 0. The third-order valence-corrected chi connectivity index (χ3v) is 3.29. The van der Waals surface area contributed by atoms with Crippen LogP contribution < -0.4 is 5.32 Å². The number of carbonyl (C=O) groups excluding carboxylic acids is 1. The molecule has 1 atom stereocenters. The van der Waals surface area contributed by atoms with Crippen molar-refractivity contribution in [2.75, 3.05) is 48.0 Å². The number of hydrogen-bond donors (Lipinski definition) is 1. The Morgan fingerprint density at radius 3 is 2.39 bits per heavy atom. The van der Waals surface area contributed by atoms with E-state index in [-0.39, 0.29) is 5.97 Å². The minimum Gasteiger partial charge on any atom is -0.468 e. The Morgan fingerprint density at radius 1 is 1.28 bits per heavy atom. The van der Waals surface area contributed by atoms with Gasteiger partial charge in [0.1, 0.15) is 5.54 Å². The number of likely N-dealkylation sites (N-methyl/N-ethyl adjacent to an activating group) is 1. The molecule has 0 aliphatic heterocycles. The van der Waals surface area contributed by atoms with Crippen molar-refractivity contribution >= 4 is 5.97 Å². The van der Waals surface area contributed by atoms with Gasteiger partial charge in [-0.1, -0.05) is 0 Å². The fourth-order valence-electron chi connectivity index (χ4n) is 1.85. The van der Waals surface area contributed by atoms with E-state index in [2.05, 4.69) is 17.3 Å². The van der Waals surface area contributed by atoms with E-state index in [1.54, 1.807) is 14.2 Å². The van der Waals surface area contributed by atoms with E-state index >= 15 is 0 Å². The first kappa shape index (κ1) is 17.4. The van der Waals surface area contributed by atoms with Gasteiger partial charge in [0.25, 0.3) is 0 Å². The summed E-state index contributed by atoms with van der Waals surface area (Å²) >= 11 is 0. The van der Waals surface area contributed by atoms with Crippen LogP contribution in [0.25, 0.3) is 0 Å². The average molecular weight is 260 g/mol. The van der Waals surface area contributed by atoms with Crippen LogP contribution in [-0.2, 0) is 14.3 Å². The highest BCUT2D eigenvalue weighted by molar-refractivity contribution is 5.80. The zero-order valence-corrected chi connectivity index (χ0v) is 12.4. The standard InChI is InChI=1S/C13H28N2O3/c1-13(14-2,12(16)18-5)8-6-9-15(3)10-7-11-17-4/h14H,6-11H2,1-5H3. The van der Waals surface area contributed by atoms with Gasteiger partial charge in [0.15, 0.2) is 0 Å². The van der Waals surface area contributed by atoms with Crippen molar-refractivity contribution in [3.63, 3.8) is 0 Å². The highest BCUT2D eigenvalue weighted by atomic mass is 16.5. The molecule has 108 valence electrons. The summed E-state index contributed by atoms with van der Waals surface area (Å²) in [6.07, 6.45) is 2.76. The Kier molecular flexibility index (Phi) is 8.97. The number of nitrogens with zero attached hydrogens (tertiary/aromatic N) is 1. The zero-order chi connectivity index (χ0) is 14.0. The van der Waals surface area contributed by atoms with Crippen molar-refractivity contribution in [2.24, 2.45) is 0 Å². The van der Waals surface area contributed by atoms with Crippen molar-refractivity contribution in [1.29, 1.82) is 0 Å². The van der Waals surface area contributed by atoms with Crippen molar-refractivity contribution in [3.05, 3.63) is 0 Å². The molecule has 0 aromatic carbocycles. The molecular formula is C13H28N2O3. The van der Waals surface area contributed by atoms with Gasteiger partial charge in [-0.3, -0.25) is 4.79 Å². The Balaban J connectivity index is 3.89. The van der Waals surface area contributed by atoms with Gasteiger partial charge in [0, 0.05) is 20.3 Å². The first-order valence-corrected chi connectivity index (χ1v) is 6.45. The maximum absolute atomic E-state index is 11.6. The van der Waals surface area contributed by atoms with E-state index in [9.17, 15) is 4.79 Å². The highest BCUT2D eigenvalue weighted by Crippen LogP contribution is 2.14. The number of hydrogen-bond acceptors (Lipinski definition) is 5. The lowest BCUT2D eigenvalue weighted by molar-refractivity contribution is -0.148. The molecule has 0 aromatic heterocycles. The lowest BCUT2D eigenvalue weighted by atomic mass is 9.96. The van der Waals surface area contributed by atoms with Crippen LogP contribution in [0, 0.1) is 0 Å². The molecule has 0 rings (SSSR count). The predicted molar refractivity (Wildman–Crippen MR) is 72.7 cm³/mol. The van der Waals surface area contributed by atoms with Crippen LogP contribution in [0.15, 0.2) is 0 Å². The van der Waals surface area contributed by atoms with Gasteiger partial charge in [0.2, 0.25) is 0 Å². The van der Waals surface area contributed by atoms with Gasteiger partial charge in [0.05, 0.1) is 7.11 Å². The van der Waals surface area contributed by atoms with E-state index in [1.165, 1.54) is 7.11 Å². The minimum absolute atomic E-state index is 0.202. The number of esters is 1. The van der Waals surface area contributed by atoms with Gasteiger partial charge in [-0.15, -0.1) is 0 Å². The molecule has 5 heteroatoms. The lowest BCUT2D eigenvalue weighted by Gasteiger charge is -2.27. The quantitative estimate of drug-likeness (QED) is 0.467. The van der Waals surface area contributed by atoms with E-state index in [4.69, 9.17) is 9.47 Å². The van der Waals surface area contributed by atoms with Gasteiger partial charge < -0.3 is 19.7 Å². The van der Waals surface area contributed by atoms with Crippen molar-refractivity contribution in [3.8, 4) is 0 Å². The number of methoxy groups -OCH3 is 2. The van der Waals surface area contributed by atoms with Crippen LogP contribution in [-0.4, -0.2) is 64.4 Å². The first-order valence-electron chi connectivity index (χ1n) is 6.45. The second kappa shape index (κ2) is 9.30. The first-order chi connectivity index (χ1) is 8.50. The second-order valence-corrected chi connectivity index (χ2v) is 4.83. The van der Waals surface area contributed by atoms with Gasteiger partial charge in [-0.2, -0.15) is 0 Å². The highest BCUT2D eigenvalue weighted by Gasteiger charge is 2.31. The fraction of sp³-hybridized carbons (Fsp3) is 0.923. The van der Waals surface area contributed by atoms with Gasteiger partial charge in [-0.05, 0) is 46.8 Å². The zero-order valence-electron chi connectivity index (χ0n) is 12.4. The maximum atomic E-state index is 11.6. The molecule has 5 nitrogen and oxygen atoms in total. The summed E-state index contributed by atoms with van der Waals surface area (Å²) in [6.45, 7) is 4.66. The molecule has 0 amide bonds. The van der Waals surface area contributed by atoms with Crippen LogP contribution in [0.1, 0.15) is 26.2 Å². The van der Waals surface area contributed by atoms with E-state index in [0.29, 0.717) is 0 Å². The summed E-state index contributed by atoms with van der Waals surface area (Å²) in [5.74, 6) is -0.202. The van der Waals surface area contributed by atoms with Gasteiger partial charge in [-0.25, -0.2) is 0 Å². The molecule has 0 aromatic rings. The average Bonchev–Trinajstić information content (AvgIpc) is 2.37. The molecule has 0 aliphatic rings. The van der Waals surface area contributed by atoms with Crippen LogP contribution in [0.4, 0.5) is 0 Å². The molecule has 0 bridgehead atoms.